The number of benzene rings is 1. The van der Waals surface area contributed by atoms with Gasteiger partial charge in [0.25, 0.3) is 0 Å². The van der Waals surface area contributed by atoms with E-state index < -0.39 is 0 Å². The van der Waals surface area contributed by atoms with Crippen LogP contribution in [0.1, 0.15) is 5.56 Å². The molecule has 0 spiro atoms. The van der Waals surface area contributed by atoms with Crippen molar-refractivity contribution in [3.8, 4) is 0 Å². The maximum Gasteiger partial charge on any atom is 0.0550 e. The fourth-order valence-electron chi connectivity index (χ4n) is 1.51. The first-order chi connectivity index (χ1) is 8.29. The quantitative estimate of drug-likeness (QED) is 0.870. The van der Waals surface area contributed by atoms with Gasteiger partial charge in [0.1, 0.15) is 0 Å². The Labute approximate surface area is 106 Å². The second kappa shape index (κ2) is 5.55. The zero-order chi connectivity index (χ0) is 12.1. The van der Waals surface area contributed by atoms with Gasteiger partial charge in [-0.25, -0.2) is 0 Å². The molecule has 0 radical (unpaired) electrons. The normalized spacial score (nSPS) is 10.0. The van der Waals surface area contributed by atoms with Gasteiger partial charge >= 0.3 is 0 Å². The van der Waals surface area contributed by atoms with Gasteiger partial charge in [-0.15, -0.1) is 0 Å². The third kappa shape index (κ3) is 3.11. The van der Waals surface area contributed by atoms with E-state index in [4.69, 9.17) is 11.6 Å². The van der Waals surface area contributed by atoms with Crippen molar-refractivity contribution < 1.29 is 0 Å². The van der Waals surface area contributed by atoms with Crippen molar-refractivity contribution in [3.05, 3.63) is 53.3 Å². The first kappa shape index (κ1) is 11.7. The van der Waals surface area contributed by atoms with Gasteiger partial charge in [-0.2, -0.15) is 0 Å². The Bertz CT molecular complexity index is 500. The van der Waals surface area contributed by atoms with E-state index >= 15 is 0 Å². The molecule has 1 aromatic carbocycles. The zero-order valence-electron chi connectivity index (χ0n) is 9.57. The lowest BCUT2D eigenvalue weighted by Gasteiger charge is -2.08. The number of hydrogen-bond donors (Lipinski definition) is 2. The predicted octanol–water partition coefficient (Wildman–Crippen LogP) is 3.39. The summed E-state index contributed by atoms with van der Waals surface area (Å²) in [6.45, 7) is 0.689. The number of rotatable bonds is 4. The van der Waals surface area contributed by atoms with Crippen LogP contribution >= 0.6 is 11.6 Å². The number of anilines is 2. The topological polar surface area (TPSA) is 37.0 Å². The number of nitrogens with zero attached hydrogens (tertiary/aromatic N) is 1. The van der Waals surface area contributed by atoms with Crippen LogP contribution in [0.2, 0.25) is 5.02 Å². The molecule has 88 valence electrons. The van der Waals surface area contributed by atoms with Crippen molar-refractivity contribution in [2.75, 3.05) is 17.7 Å². The number of aromatic nitrogens is 1. The molecule has 0 bridgehead atoms. The molecule has 17 heavy (non-hydrogen) atoms. The number of pyridine rings is 1. The molecule has 0 amide bonds. The molecule has 2 rings (SSSR count). The SMILES string of the molecule is CNc1cncc(NCc2ccccc2Cl)c1. The lowest BCUT2D eigenvalue weighted by Crippen LogP contribution is -2.01. The summed E-state index contributed by atoms with van der Waals surface area (Å²) in [7, 11) is 1.87. The van der Waals surface area contributed by atoms with E-state index in [1.165, 1.54) is 0 Å². The highest BCUT2D eigenvalue weighted by Crippen LogP contribution is 2.18. The Kier molecular flexibility index (Phi) is 3.83. The number of halogens is 1. The minimum absolute atomic E-state index is 0.689. The summed E-state index contributed by atoms with van der Waals surface area (Å²) in [5.74, 6) is 0. The van der Waals surface area contributed by atoms with E-state index in [1.807, 2.05) is 37.4 Å². The highest BCUT2D eigenvalue weighted by Gasteiger charge is 1.99. The van der Waals surface area contributed by atoms with Crippen molar-refractivity contribution in [1.29, 1.82) is 0 Å². The van der Waals surface area contributed by atoms with Crippen LogP contribution in [0.3, 0.4) is 0 Å². The molecule has 4 heteroatoms. The maximum absolute atomic E-state index is 6.08. The predicted molar refractivity (Wildman–Crippen MR) is 72.6 cm³/mol. The fourth-order valence-corrected chi connectivity index (χ4v) is 1.71. The van der Waals surface area contributed by atoms with Gasteiger partial charge in [0, 0.05) is 18.6 Å². The molecular formula is C13H14ClN3. The fraction of sp³-hybridized carbons (Fsp3) is 0.154. The second-order valence-corrected chi connectivity index (χ2v) is 4.06. The average molecular weight is 248 g/mol. The third-order valence-corrected chi connectivity index (χ3v) is 2.84. The van der Waals surface area contributed by atoms with Crippen LogP contribution in [0, 0.1) is 0 Å². The molecule has 3 nitrogen and oxygen atoms in total. The molecule has 2 aromatic rings. The van der Waals surface area contributed by atoms with E-state index in [0.717, 1.165) is 22.0 Å². The van der Waals surface area contributed by atoms with Crippen LogP contribution in [0.25, 0.3) is 0 Å². The van der Waals surface area contributed by atoms with Gasteiger partial charge < -0.3 is 10.6 Å². The summed E-state index contributed by atoms with van der Waals surface area (Å²) >= 11 is 6.08. The molecule has 1 aromatic heterocycles. The second-order valence-electron chi connectivity index (χ2n) is 3.66. The van der Waals surface area contributed by atoms with E-state index in [1.54, 1.807) is 12.4 Å². The van der Waals surface area contributed by atoms with Gasteiger partial charge in [0.05, 0.1) is 23.8 Å². The van der Waals surface area contributed by atoms with Crippen LogP contribution in [0.15, 0.2) is 42.7 Å². The molecule has 0 aliphatic heterocycles. The van der Waals surface area contributed by atoms with Crippen molar-refractivity contribution in [1.82, 2.24) is 4.98 Å². The van der Waals surface area contributed by atoms with Crippen LogP contribution in [-0.2, 0) is 6.54 Å². The van der Waals surface area contributed by atoms with E-state index in [0.29, 0.717) is 6.54 Å². The van der Waals surface area contributed by atoms with Gasteiger partial charge in [-0.1, -0.05) is 29.8 Å². The molecule has 0 aliphatic rings. The Morgan fingerprint density at radius 3 is 2.71 bits per heavy atom. The number of nitrogens with one attached hydrogen (secondary N) is 2. The van der Waals surface area contributed by atoms with Gasteiger partial charge in [0.15, 0.2) is 0 Å². The largest absolute Gasteiger partial charge is 0.387 e. The molecule has 0 unspecified atom stereocenters. The summed E-state index contributed by atoms with van der Waals surface area (Å²) in [5, 5.41) is 7.11. The molecule has 2 N–H and O–H groups in total. The first-order valence-electron chi connectivity index (χ1n) is 5.39. The molecule has 0 atom stereocenters. The monoisotopic (exact) mass is 247 g/mol. The van der Waals surface area contributed by atoms with Crippen LogP contribution in [0.5, 0.6) is 0 Å². The lowest BCUT2D eigenvalue weighted by atomic mass is 10.2. The van der Waals surface area contributed by atoms with Crippen molar-refractivity contribution >= 4 is 23.0 Å². The van der Waals surface area contributed by atoms with Gasteiger partial charge in [-0.05, 0) is 17.7 Å². The smallest absolute Gasteiger partial charge is 0.0550 e. The van der Waals surface area contributed by atoms with Gasteiger partial charge in [-0.3, -0.25) is 4.98 Å². The third-order valence-electron chi connectivity index (χ3n) is 2.47. The molecular weight excluding hydrogens is 234 g/mol. The van der Waals surface area contributed by atoms with Crippen LogP contribution < -0.4 is 10.6 Å². The van der Waals surface area contributed by atoms with E-state index in [2.05, 4.69) is 15.6 Å². The summed E-state index contributed by atoms with van der Waals surface area (Å²) in [6.07, 6.45) is 3.57. The summed E-state index contributed by atoms with van der Waals surface area (Å²) in [6, 6.07) is 9.80. The summed E-state index contributed by atoms with van der Waals surface area (Å²) in [5.41, 5.74) is 3.02. The minimum Gasteiger partial charge on any atom is -0.387 e. The number of hydrogen-bond acceptors (Lipinski definition) is 3. The zero-order valence-corrected chi connectivity index (χ0v) is 10.3. The molecule has 0 saturated heterocycles. The van der Waals surface area contributed by atoms with E-state index in [-0.39, 0.29) is 0 Å². The standard InChI is InChI=1S/C13H14ClN3/c1-15-11-6-12(9-16-8-11)17-7-10-4-2-3-5-13(10)14/h2-6,8-9,15,17H,7H2,1H3. The lowest BCUT2D eigenvalue weighted by molar-refractivity contribution is 1.14. The van der Waals surface area contributed by atoms with Crippen molar-refractivity contribution in [2.24, 2.45) is 0 Å². The van der Waals surface area contributed by atoms with E-state index in [9.17, 15) is 0 Å². The Hall–Kier alpha value is -1.74. The molecule has 1 heterocycles. The summed E-state index contributed by atoms with van der Waals surface area (Å²) in [4.78, 5) is 4.13. The Balaban J connectivity index is 2.05. The average Bonchev–Trinajstić information content (AvgIpc) is 2.38. The molecule has 0 aliphatic carbocycles. The highest BCUT2D eigenvalue weighted by molar-refractivity contribution is 6.31. The highest BCUT2D eigenvalue weighted by atomic mass is 35.5. The Morgan fingerprint density at radius 2 is 1.94 bits per heavy atom. The first-order valence-corrected chi connectivity index (χ1v) is 5.77. The van der Waals surface area contributed by atoms with Crippen molar-refractivity contribution in [3.63, 3.8) is 0 Å². The summed E-state index contributed by atoms with van der Waals surface area (Å²) < 4.78 is 0. The Morgan fingerprint density at radius 1 is 1.18 bits per heavy atom. The minimum atomic E-state index is 0.689. The van der Waals surface area contributed by atoms with Crippen LogP contribution in [0.4, 0.5) is 11.4 Å². The molecule has 0 saturated carbocycles. The molecule has 0 fully saturated rings. The van der Waals surface area contributed by atoms with Gasteiger partial charge in [0.2, 0.25) is 0 Å². The maximum atomic E-state index is 6.08. The van der Waals surface area contributed by atoms with Crippen molar-refractivity contribution in [2.45, 2.75) is 6.54 Å². The van der Waals surface area contributed by atoms with Crippen LogP contribution in [-0.4, -0.2) is 12.0 Å².